The molecule has 0 saturated heterocycles. The van der Waals surface area contributed by atoms with Gasteiger partial charge in [0.1, 0.15) is 28.6 Å². The van der Waals surface area contributed by atoms with Crippen LogP contribution in [0, 0.1) is 17.2 Å². The van der Waals surface area contributed by atoms with E-state index in [9.17, 15) is 10.1 Å². The van der Waals surface area contributed by atoms with Crippen LogP contribution in [0.5, 0.6) is 0 Å². The molecule has 0 spiro atoms. The standard InChI is InChI=1S/C27H32N6O2/c1-27(2,3)35-31-25(21-8-6-7-15-29-21)18-9-12-20(13-10-18)32(4)23-16-24(34)33(5)22-14-11-19(17-28)30-26(22)23/h6-8,11,14-16,18,20H,9-10,12-13H2,1-5H3/b31-25+. The average molecular weight is 473 g/mol. The van der Waals surface area contributed by atoms with E-state index in [1.165, 1.54) is 0 Å². The number of nitriles is 1. The summed E-state index contributed by atoms with van der Waals surface area (Å²) < 4.78 is 1.57. The van der Waals surface area contributed by atoms with Crippen LogP contribution in [0.15, 0.2) is 52.5 Å². The Morgan fingerprint density at radius 3 is 2.57 bits per heavy atom. The molecule has 3 aromatic rings. The van der Waals surface area contributed by atoms with Gasteiger partial charge in [0.15, 0.2) is 0 Å². The molecule has 1 aliphatic rings. The summed E-state index contributed by atoms with van der Waals surface area (Å²) >= 11 is 0. The van der Waals surface area contributed by atoms with Crippen molar-refractivity contribution >= 4 is 22.4 Å². The zero-order valence-electron chi connectivity index (χ0n) is 21.0. The number of anilines is 1. The summed E-state index contributed by atoms with van der Waals surface area (Å²) in [4.78, 5) is 29.7. The van der Waals surface area contributed by atoms with E-state index in [4.69, 9.17) is 4.84 Å². The molecule has 182 valence electrons. The van der Waals surface area contributed by atoms with Crippen molar-refractivity contribution in [1.82, 2.24) is 14.5 Å². The zero-order valence-corrected chi connectivity index (χ0v) is 21.0. The predicted octanol–water partition coefficient (Wildman–Crippen LogP) is 4.41. The van der Waals surface area contributed by atoms with E-state index >= 15 is 0 Å². The molecule has 0 atom stereocenters. The van der Waals surface area contributed by atoms with Crippen LogP contribution < -0.4 is 10.5 Å². The lowest BCUT2D eigenvalue weighted by Crippen LogP contribution is -2.38. The third-order valence-corrected chi connectivity index (χ3v) is 6.54. The van der Waals surface area contributed by atoms with Crippen molar-refractivity contribution < 1.29 is 4.84 Å². The maximum absolute atomic E-state index is 12.7. The van der Waals surface area contributed by atoms with E-state index < -0.39 is 0 Å². The molecule has 0 N–H and O–H groups in total. The second-order valence-electron chi connectivity index (χ2n) is 10.1. The van der Waals surface area contributed by atoms with Gasteiger partial charge in [0, 0.05) is 38.3 Å². The van der Waals surface area contributed by atoms with E-state index in [2.05, 4.69) is 26.1 Å². The number of pyridine rings is 3. The van der Waals surface area contributed by atoms with E-state index in [-0.39, 0.29) is 23.1 Å². The first-order valence-electron chi connectivity index (χ1n) is 12.0. The minimum Gasteiger partial charge on any atom is -0.390 e. The van der Waals surface area contributed by atoms with E-state index in [1.54, 1.807) is 36.0 Å². The van der Waals surface area contributed by atoms with Gasteiger partial charge in [0.05, 0.1) is 16.9 Å². The van der Waals surface area contributed by atoms with Crippen LogP contribution in [-0.4, -0.2) is 38.9 Å². The monoisotopic (exact) mass is 472 g/mol. The highest BCUT2D eigenvalue weighted by Gasteiger charge is 2.30. The molecule has 1 saturated carbocycles. The lowest BCUT2D eigenvalue weighted by atomic mass is 9.81. The molecule has 0 unspecified atom stereocenters. The van der Waals surface area contributed by atoms with Gasteiger partial charge in [-0.05, 0) is 70.7 Å². The molecule has 1 fully saturated rings. The van der Waals surface area contributed by atoms with Crippen molar-refractivity contribution in [2.24, 2.45) is 18.1 Å². The van der Waals surface area contributed by atoms with Gasteiger partial charge in [-0.25, -0.2) is 4.98 Å². The van der Waals surface area contributed by atoms with Gasteiger partial charge >= 0.3 is 0 Å². The molecule has 3 heterocycles. The van der Waals surface area contributed by atoms with Crippen LogP contribution in [0.3, 0.4) is 0 Å². The minimum absolute atomic E-state index is 0.0940. The van der Waals surface area contributed by atoms with Gasteiger partial charge in [-0.1, -0.05) is 11.2 Å². The second-order valence-corrected chi connectivity index (χ2v) is 10.1. The molecule has 0 bridgehead atoms. The van der Waals surface area contributed by atoms with Gasteiger partial charge in [-0.3, -0.25) is 9.78 Å². The van der Waals surface area contributed by atoms with Crippen LogP contribution in [0.2, 0.25) is 0 Å². The SMILES string of the molecule is CN(c1cc(=O)n(C)c2ccc(C#N)nc12)C1CCC(/C(=N\OC(C)(C)C)c2ccccn2)CC1. The van der Waals surface area contributed by atoms with Crippen molar-refractivity contribution in [3.05, 3.63) is 64.3 Å². The lowest BCUT2D eigenvalue weighted by molar-refractivity contribution is -0.0000710. The maximum atomic E-state index is 12.7. The Bertz CT molecular complexity index is 1330. The van der Waals surface area contributed by atoms with Crippen LogP contribution in [0.1, 0.15) is 57.8 Å². The highest BCUT2D eigenvalue weighted by Crippen LogP contribution is 2.34. The van der Waals surface area contributed by atoms with Gasteiger partial charge in [0.2, 0.25) is 0 Å². The quantitative estimate of drug-likeness (QED) is 0.403. The number of hydrogen-bond acceptors (Lipinski definition) is 7. The van der Waals surface area contributed by atoms with Crippen LogP contribution in [0.4, 0.5) is 5.69 Å². The van der Waals surface area contributed by atoms with Crippen molar-refractivity contribution in [3.63, 3.8) is 0 Å². The Kier molecular flexibility index (Phi) is 6.88. The molecule has 0 radical (unpaired) electrons. The molecule has 0 aliphatic heterocycles. The normalized spacial score (nSPS) is 18.8. The van der Waals surface area contributed by atoms with Crippen molar-refractivity contribution in [2.75, 3.05) is 11.9 Å². The molecule has 1 aliphatic carbocycles. The fourth-order valence-corrected chi connectivity index (χ4v) is 4.61. The van der Waals surface area contributed by atoms with E-state index in [0.29, 0.717) is 11.2 Å². The van der Waals surface area contributed by atoms with Gasteiger partial charge < -0.3 is 14.3 Å². The Balaban J connectivity index is 1.59. The van der Waals surface area contributed by atoms with Crippen molar-refractivity contribution in [3.8, 4) is 6.07 Å². The Morgan fingerprint density at radius 1 is 1.20 bits per heavy atom. The summed E-state index contributed by atoms with van der Waals surface area (Å²) in [5, 5.41) is 13.9. The Hall–Kier alpha value is -3.73. The van der Waals surface area contributed by atoms with E-state index in [0.717, 1.165) is 48.3 Å². The number of nitrogens with zero attached hydrogens (tertiary/aromatic N) is 6. The topological polar surface area (TPSA) is 96.4 Å². The molecule has 0 aromatic carbocycles. The summed E-state index contributed by atoms with van der Waals surface area (Å²) in [7, 11) is 3.74. The van der Waals surface area contributed by atoms with Gasteiger partial charge in [0.25, 0.3) is 5.56 Å². The molecule has 8 heteroatoms. The van der Waals surface area contributed by atoms with Gasteiger partial charge in [-0.2, -0.15) is 5.26 Å². The van der Waals surface area contributed by atoms with Gasteiger partial charge in [-0.15, -0.1) is 0 Å². The Morgan fingerprint density at radius 2 is 1.94 bits per heavy atom. The average Bonchev–Trinajstić information content (AvgIpc) is 2.86. The van der Waals surface area contributed by atoms with E-state index in [1.807, 2.05) is 46.0 Å². The fraction of sp³-hybridized carbons (Fsp3) is 0.444. The highest BCUT2D eigenvalue weighted by atomic mass is 16.6. The fourth-order valence-electron chi connectivity index (χ4n) is 4.61. The first-order chi connectivity index (χ1) is 16.7. The predicted molar refractivity (Wildman–Crippen MR) is 137 cm³/mol. The first kappa shape index (κ1) is 24.4. The third kappa shape index (κ3) is 5.35. The second kappa shape index (κ2) is 9.87. The number of oxime groups is 1. The Labute approximate surface area is 205 Å². The number of aryl methyl sites for hydroxylation is 1. The summed E-state index contributed by atoms with van der Waals surface area (Å²) in [6.45, 7) is 5.95. The third-order valence-electron chi connectivity index (χ3n) is 6.54. The maximum Gasteiger partial charge on any atom is 0.252 e. The van der Waals surface area contributed by atoms with Crippen LogP contribution in [0.25, 0.3) is 11.0 Å². The molecule has 4 rings (SSSR count). The van der Waals surface area contributed by atoms with Crippen LogP contribution >= 0.6 is 0 Å². The number of aromatic nitrogens is 3. The summed E-state index contributed by atoms with van der Waals surface area (Å²) in [6.07, 6.45) is 5.49. The summed E-state index contributed by atoms with van der Waals surface area (Å²) in [6, 6.07) is 13.3. The van der Waals surface area contributed by atoms with Crippen LogP contribution in [-0.2, 0) is 11.9 Å². The van der Waals surface area contributed by atoms with Crippen molar-refractivity contribution in [1.29, 1.82) is 5.26 Å². The first-order valence-corrected chi connectivity index (χ1v) is 12.0. The van der Waals surface area contributed by atoms with Crippen molar-refractivity contribution in [2.45, 2.75) is 58.1 Å². The molecule has 8 nitrogen and oxygen atoms in total. The highest BCUT2D eigenvalue weighted by molar-refractivity contribution is 6.00. The molecule has 0 amide bonds. The zero-order chi connectivity index (χ0) is 25.2. The summed E-state index contributed by atoms with van der Waals surface area (Å²) in [5.74, 6) is 0.237. The molecular formula is C27H32N6O2. The lowest BCUT2D eigenvalue weighted by Gasteiger charge is -2.36. The molecule has 3 aromatic heterocycles. The minimum atomic E-state index is -0.382. The number of rotatable bonds is 5. The number of fused-ring (bicyclic) bond motifs is 1. The summed E-state index contributed by atoms with van der Waals surface area (Å²) in [5.41, 5.74) is 3.75. The largest absolute Gasteiger partial charge is 0.390 e. The smallest absolute Gasteiger partial charge is 0.252 e. The molecular weight excluding hydrogens is 440 g/mol. The molecule has 35 heavy (non-hydrogen) atoms. The number of hydrogen-bond donors (Lipinski definition) is 0.